The Morgan fingerprint density at radius 1 is 0.971 bits per heavy atom. The van der Waals surface area contributed by atoms with Crippen molar-refractivity contribution in [3.63, 3.8) is 0 Å². The maximum Gasteiger partial charge on any atom is 0.325 e. The molecule has 0 heterocycles. The van der Waals surface area contributed by atoms with Gasteiger partial charge in [-0.15, -0.1) is 0 Å². The maximum atomic E-state index is 12.3. The average molecular weight is 475 g/mol. The number of carbonyl (C=O) groups excluding carboxylic acids is 3. The van der Waals surface area contributed by atoms with E-state index in [1.165, 1.54) is 31.4 Å². The van der Waals surface area contributed by atoms with Gasteiger partial charge in [-0.05, 0) is 38.1 Å². The van der Waals surface area contributed by atoms with Gasteiger partial charge in [-0.3, -0.25) is 24.5 Å². The molecule has 2 N–H and O–H groups in total. The molecule has 0 unspecified atom stereocenters. The van der Waals surface area contributed by atoms with E-state index in [2.05, 4.69) is 10.6 Å². The van der Waals surface area contributed by atoms with Gasteiger partial charge in [0.2, 0.25) is 0 Å². The molecule has 12 heteroatoms. The van der Waals surface area contributed by atoms with Crippen molar-refractivity contribution in [3.8, 4) is 17.2 Å². The van der Waals surface area contributed by atoms with Crippen LogP contribution in [0, 0.1) is 10.1 Å². The number of anilines is 1. The summed E-state index contributed by atoms with van der Waals surface area (Å²) in [5, 5.41) is 15.7. The lowest BCUT2D eigenvalue weighted by Gasteiger charge is -2.12. The highest BCUT2D eigenvalue weighted by Crippen LogP contribution is 2.29. The second kappa shape index (κ2) is 12.6. The van der Waals surface area contributed by atoms with E-state index in [4.69, 9.17) is 18.9 Å². The summed E-state index contributed by atoms with van der Waals surface area (Å²) in [6.07, 6.45) is 0. The summed E-state index contributed by atoms with van der Waals surface area (Å²) in [6, 6.07) is 8.26. The summed E-state index contributed by atoms with van der Waals surface area (Å²) in [6.45, 7) is 3.33. The number of hydrogen-bond acceptors (Lipinski definition) is 9. The molecule has 0 aliphatic rings. The number of nitro groups is 1. The lowest BCUT2D eigenvalue weighted by molar-refractivity contribution is -0.384. The van der Waals surface area contributed by atoms with E-state index in [9.17, 15) is 24.5 Å². The molecule has 2 aromatic rings. The number of benzene rings is 2. The van der Waals surface area contributed by atoms with E-state index in [0.29, 0.717) is 24.7 Å². The smallest absolute Gasteiger partial charge is 0.325 e. The normalized spacial score (nSPS) is 10.1. The molecule has 0 aliphatic heterocycles. The molecule has 0 saturated heterocycles. The molecule has 0 aromatic heterocycles. The fourth-order valence-corrected chi connectivity index (χ4v) is 2.73. The van der Waals surface area contributed by atoms with Crippen LogP contribution >= 0.6 is 0 Å². The first kappa shape index (κ1) is 25.9. The van der Waals surface area contributed by atoms with Gasteiger partial charge < -0.3 is 29.6 Å². The first-order valence-electron chi connectivity index (χ1n) is 10.2. The lowest BCUT2D eigenvalue weighted by atomic mass is 10.2. The second-order valence-corrected chi connectivity index (χ2v) is 6.56. The minimum Gasteiger partial charge on any atom is -0.494 e. The van der Waals surface area contributed by atoms with Crippen LogP contribution in [0.3, 0.4) is 0 Å². The van der Waals surface area contributed by atoms with Gasteiger partial charge in [0.05, 0.1) is 37.0 Å². The van der Waals surface area contributed by atoms with Crippen molar-refractivity contribution in [1.29, 1.82) is 0 Å². The number of nitrogens with zero attached hydrogens (tertiary/aromatic N) is 1. The molecular formula is C22H25N3O9. The van der Waals surface area contributed by atoms with Gasteiger partial charge in [0, 0.05) is 11.6 Å². The van der Waals surface area contributed by atoms with E-state index in [0.717, 1.165) is 6.07 Å². The zero-order chi connectivity index (χ0) is 25.1. The van der Waals surface area contributed by atoms with Crippen molar-refractivity contribution in [3.05, 3.63) is 52.1 Å². The highest BCUT2D eigenvalue weighted by Gasteiger charge is 2.16. The number of nitrogens with one attached hydrogen (secondary N) is 2. The average Bonchev–Trinajstić information content (AvgIpc) is 2.82. The fraction of sp³-hybridized carbons (Fsp3) is 0.318. The molecule has 12 nitrogen and oxygen atoms in total. The third-order valence-corrected chi connectivity index (χ3v) is 4.23. The number of non-ortho nitro benzene ring substituents is 1. The molecule has 0 bridgehead atoms. The van der Waals surface area contributed by atoms with Crippen molar-refractivity contribution < 1.29 is 38.3 Å². The summed E-state index contributed by atoms with van der Waals surface area (Å²) in [7, 11) is 1.29. The Hall–Kier alpha value is -4.35. The topological polar surface area (TPSA) is 155 Å². The number of ether oxygens (including phenoxy) is 4. The van der Waals surface area contributed by atoms with E-state index in [-0.39, 0.29) is 22.7 Å². The van der Waals surface area contributed by atoms with Crippen LogP contribution in [0.25, 0.3) is 0 Å². The van der Waals surface area contributed by atoms with Gasteiger partial charge in [0.1, 0.15) is 12.3 Å². The van der Waals surface area contributed by atoms with Crippen molar-refractivity contribution in [2.45, 2.75) is 13.8 Å². The Balaban J connectivity index is 1.86. The number of rotatable bonds is 12. The summed E-state index contributed by atoms with van der Waals surface area (Å²) in [5.74, 6) is -1.10. The van der Waals surface area contributed by atoms with Gasteiger partial charge in [-0.1, -0.05) is 0 Å². The van der Waals surface area contributed by atoms with Crippen LogP contribution in [0.5, 0.6) is 17.2 Å². The molecule has 0 spiro atoms. The Morgan fingerprint density at radius 2 is 1.68 bits per heavy atom. The maximum absolute atomic E-state index is 12.3. The van der Waals surface area contributed by atoms with Crippen LogP contribution in [0.4, 0.5) is 11.4 Å². The third kappa shape index (κ3) is 7.36. The Bertz CT molecular complexity index is 1060. The Kier molecular flexibility index (Phi) is 9.62. The van der Waals surface area contributed by atoms with Crippen LogP contribution in [-0.4, -0.2) is 56.2 Å². The number of amides is 2. The molecule has 2 rings (SSSR count). The number of esters is 1. The van der Waals surface area contributed by atoms with Crippen LogP contribution in [0.15, 0.2) is 36.4 Å². The molecule has 0 radical (unpaired) electrons. The largest absolute Gasteiger partial charge is 0.494 e. The summed E-state index contributed by atoms with van der Waals surface area (Å²) >= 11 is 0. The van der Waals surface area contributed by atoms with Crippen LogP contribution in [0.1, 0.15) is 24.2 Å². The molecule has 2 aromatic carbocycles. The van der Waals surface area contributed by atoms with Gasteiger partial charge in [-0.2, -0.15) is 0 Å². The molecule has 0 atom stereocenters. The number of methoxy groups -OCH3 is 1. The first-order valence-corrected chi connectivity index (χ1v) is 10.2. The second-order valence-electron chi connectivity index (χ2n) is 6.56. The van der Waals surface area contributed by atoms with Crippen molar-refractivity contribution in [2.75, 3.05) is 38.8 Å². The molecule has 0 saturated carbocycles. The first-order chi connectivity index (χ1) is 16.3. The minimum absolute atomic E-state index is 0.0721. The summed E-state index contributed by atoms with van der Waals surface area (Å²) < 4.78 is 20.8. The number of carbonyl (C=O) groups is 3. The summed E-state index contributed by atoms with van der Waals surface area (Å²) in [5.41, 5.74) is 0.212. The molecule has 34 heavy (non-hydrogen) atoms. The lowest BCUT2D eigenvalue weighted by Crippen LogP contribution is -2.32. The van der Waals surface area contributed by atoms with Gasteiger partial charge in [0.15, 0.2) is 18.1 Å². The third-order valence-electron chi connectivity index (χ3n) is 4.23. The van der Waals surface area contributed by atoms with E-state index in [1.54, 1.807) is 13.0 Å². The SMILES string of the molecule is CCOc1ccc(C(=O)NCC(=O)OCC(=O)Nc2ccc([N+](=O)[O-])cc2OC)cc1OCC. The zero-order valence-corrected chi connectivity index (χ0v) is 18.9. The minimum atomic E-state index is -0.838. The van der Waals surface area contributed by atoms with Gasteiger partial charge in [0.25, 0.3) is 17.5 Å². The standard InChI is InChI=1S/C22H25N3O9/c1-4-32-17-9-6-14(10-19(17)33-5-2)22(28)23-12-21(27)34-13-20(26)24-16-8-7-15(25(29)30)11-18(16)31-3/h6-11H,4-5,12-13H2,1-3H3,(H,23,28)(H,24,26). The molecule has 0 fully saturated rings. The predicted octanol–water partition coefficient (Wildman–Crippen LogP) is 2.31. The molecule has 0 aliphatic carbocycles. The fourth-order valence-electron chi connectivity index (χ4n) is 2.73. The van der Waals surface area contributed by atoms with Gasteiger partial charge in [-0.25, -0.2) is 0 Å². The summed E-state index contributed by atoms with van der Waals surface area (Å²) in [4.78, 5) is 46.6. The quantitative estimate of drug-likeness (QED) is 0.267. The van der Waals surface area contributed by atoms with Crippen molar-refractivity contribution in [1.82, 2.24) is 5.32 Å². The van der Waals surface area contributed by atoms with E-state index in [1.807, 2.05) is 6.92 Å². The van der Waals surface area contributed by atoms with E-state index < -0.39 is 35.9 Å². The number of nitro benzene ring substituents is 1. The van der Waals surface area contributed by atoms with Crippen LogP contribution < -0.4 is 24.8 Å². The highest BCUT2D eigenvalue weighted by atomic mass is 16.6. The van der Waals surface area contributed by atoms with Gasteiger partial charge >= 0.3 is 5.97 Å². The highest BCUT2D eigenvalue weighted by molar-refractivity contribution is 5.97. The zero-order valence-electron chi connectivity index (χ0n) is 18.9. The Morgan fingerprint density at radius 3 is 2.32 bits per heavy atom. The predicted molar refractivity (Wildman–Crippen MR) is 120 cm³/mol. The molecule has 2 amide bonds. The van der Waals surface area contributed by atoms with Crippen LogP contribution in [0.2, 0.25) is 0 Å². The molecular weight excluding hydrogens is 450 g/mol. The molecule has 182 valence electrons. The van der Waals surface area contributed by atoms with E-state index >= 15 is 0 Å². The monoisotopic (exact) mass is 475 g/mol. The Labute approximate surface area is 195 Å². The van der Waals surface area contributed by atoms with Crippen molar-refractivity contribution >= 4 is 29.2 Å². The van der Waals surface area contributed by atoms with Crippen molar-refractivity contribution in [2.24, 2.45) is 0 Å². The van der Waals surface area contributed by atoms with Crippen LogP contribution in [-0.2, 0) is 14.3 Å². The number of hydrogen-bond donors (Lipinski definition) is 2.